The second kappa shape index (κ2) is 7.60. The standard InChI is InChI=1S/C12H16F2N2O2/c1-2-15-8-11(17)16-7-9-3-5-10(6-4-9)18-12(13)14/h3-6,12,15H,2,7-8H2,1H3,(H,16,17). The van der Waals surface area contributed by atoms with E-state index in [0.717, 1.165) is 12.1 Å². The first kappa shape index (κ1) is 14.4. The van der Waals surface area contributed by atoms with Crippen LogP contribution in [-0.2, 0) is 11.3 Å². The highest BCUT2D eigenvalue weighted by molar-refractivity contribution is 5.77. The van der Waals surface area contributed by atoms with Crippen molar-refractivity contribution in [3.05, 3.63) is 29.8 Å². The van der Waals surface area contributed by atoms with Crippen LogP contribution in [-0.4, -0.2) is 25.6 Å². The van der Waals surface area contributed by atoms with Crippen molar-refractivity contribution in [1.29, 1.82) is 0 Å². The Hall–Kier alpha value is -1.69. The van der Waals surface area contributed by atoms with Gasteiger partial charge in [-0.05, 0) is 24.2 Å². The summed E-state index contributed by atoms with van der Waals surface area (Å²) in [5.41, 5.74) is 0.821. The summed E-state index contributed by atoms with van der Waals surface area (Å²) in [6.07, 6.45) is 0. The van der Waals surface area contributed by atoms with Crippen molar-refractivity contribution in [1.82, 2.24) is 10.6 Å². The van der Waals surface area contributed by atoms with Crippen LogP contribution in [0.1, 0.15) is 12.5 Å². The molecular formula is C12H16F2N2O2. The molecule has 0 saturated carbocycles. The van der Waals surface area contributed by atoms with Gasteiger partial charge in [0.15, 0.2) is 0 Å². The van der Waals surface area contributed by atoms with Gasteiger partial charge in [-0.2, -0.15) is 8.78 Å². The highest BCUT2D eigenvalue weighted by Crippen LogP contribution is 2.14. The average Bonchev–Trinajstić information content (AvgIpc) is 2.35. The van der Waals surface area contributed by atoms with Gasteiger partial charge in [0.05, 0.1) is 6.54 Å². The van der Waals surface area contributed by atoms with Gasteiger partial charge in [0.25, 0.3) is 0 Å². The first-order chi connectivity index (χ1) is 8.61. The minimum absolute atomic E-state index is 0.104. The predicted molar refractivity (Wildman–Crippen MR) is 63.5 cm³/mol. The van der Waals surface area contributed by atoms with Crippen molar-refractivity contribution in [3.8, 4) is 5.75 Å². The van der Waals surface area contributed by atoms with Crippen LogP contribution in [0.5, 0.6) is 5.75 Å². The van der Waals surface area contributed by atoms with Crippen molar-refractivity contribution < 1.29 is 18.3 Å². The molecule has 0 saturated heterocycles. The van der Waals surface area contributed by atoms with E-state index in [2.05, 4.69) is 15.4 Å². The molecular weight excluding hydrogens is 242 g/mol. The Labute approximate surface area is 104 Å². The Morgan fingerprint density at radius 2 is 2.00 bits per heavy atom. The molecule has 1 amide bonds. The number of benzene rings is 1. The zero-order valence-corrected chi connectivity index (χ0v) is 10.1. The normalized spacial score (nSPS) is 10.4. The van der Waals surface area contributed by atoms with E-state index < -0.39 is 6.61 Å². The fourth-order valence-corrected chi connectivity index (χ4v) is 1.29. The lowest BCUT2D eigenvalue weighted by Gasteiger charge is -2.07. The second-order valence-corrected chi connectivity index (χ2v) is 3.58. The van der Waals surface area contributed by atoms with Crippen molar-refractivity contribution >= 4 is 5.91 Å². The van der Waals surface area contributed by atoms with Crippen LogP contribution in [0.15, 0.2) is 24.3 Å². The molecule has 6 heteroatoms. The van der Waals surface area contributed by atoms with E-state index in [4.69, 9.17) is 0 Å². The summed E-state index contributed by atoms with van der Waals surface area (Å²) in [5, 5.41) is 5.60. The van der Waals surface area contributed by atoms with Crippen molar-refractivity contribution in [3.63, 3.8) is 0 Å². The zero-order valence-electron chi connectivity index (χ0n) is 10.1. The first-order valence-electron chi connectivity index (χ1n) is 5.63. The minimum atomic E-state index is -2.82. The Balaban J connectivity index is 2.37. The number of likely N-dealkylation sites (N-methyl/N-ethyl adjacent to an activating group) is 1. The lowest BCUT2D eigenvalue weighted by Crippen LogP contribution is -2.33. The first-order valence-corrected chi connectivity index (χ1v) is 5.63. The van der Waals surface area contributed by atoms with Gasteiger partial charge in [-0.1, -0.05) is 19.1 Å². The van der Waals surface area contributed by atoms with Gasteiger partial charge < -0.3 is 15.4 Å². The maximum absolute atomic E-state index is 11.9. The molecule has 0 atom stereocenters. The number of carbonyl (C=O) groups excluding carboxylic acids is 1. The molecule has 0 aliphatic carbocycles. The second-order valence-electron chi connectivity index (χ2n) is 3.58. The third kappa shape index (κ3) is 5.58. The lowest BCUT2D eigenvalue weighted by atomic mass is 10.2. The number of alkyl halides is 2. The molecule has 0 aromatic heterocycles. The molecule has 0 fully saturated rings. The van der Waals surface area contributed by atoms with Gasteiger partial charge in [-0.25, -0.2) is 0 Å². The summed E-state index contributed by atoms with van der Waals surface area (Å²) < 4.78 is 28.0. The fraction of sp³-hybridized carbons (Fsp3) is 0.417. The number of nitrogens with one attached hydrogen (secondary N) is 2. The third-order valence-electron chi connectivity index (χ3n) is 2.17. The third-order valence-corrected chi connectivity index (χ3v) is 2.17. The fourth-order valence-electron chi connectivity index (χ4n) is 1.29. The largest absolute Gasteiger partial charge is 0.435 e. The van der Waals surface area contributed by atoms with Gasteiger partial charge in [-0.3, -0.25) is 4.79 Å². The Kier molecular flexibility index (Phi) is 6.07. The number of hydrogen-bond donors (Lipinski definition) is 2. The summed E-state index contributed by atoms with van der Waals surface area (Å²) in [7, 11) is 0. The number of ether oxygens (including phenoxy) is 1. The zero-order chi connectivity index (χ0) is 13.4. The van der Waals surface area contributed by atoms with Gasteiger partial charge in [-0.15, -0.1) is 0 Å². The van der Waals surface area contributed by atoms with Crippen molar-refractivity contribution in [2.45, 2.75) is 20.1 Å². The predicted octanol–water partition coefficient (Wildman–Crippen LogP) is 1.51. The summed E-state index contributed by atoms with van der Waals surface area (Å²) in [4.78, 5) is 11.3. The summed E-state index contributed by atoms with van der Waals surface area (Å²) in [6, 6.07) is 6.15. The quantitative estimate of drug-likeness (QED) is 0.779. The molecule has 1 aromatic carbocycles. The molecule has 2 N–H and O–H groups in total. The molecule has 0 unspecified atom stereocenters. The molecule has 0 aliphatic rings. The van der Waals surface area contributed by atoms with Gasteiger partial charge in [0.2, 0.25) is 5.91 Å². The van der Waals surface area contributed by atoms with Gasteiger partial charge >= 0.3 is 6.61 Å². The monoisotopic (exact) mass is 258 g/mol. The molecule has 4 nitrogen and oxygen atoms in total. The van der Waals surface area contributed by atoms with E-state index in [0.29, 0.717) is 6.54 Å². The van der Waals surface area contributed by atoms with E-state index in [-0.39, 0.29) is 18.2 Å². The molecule has 1 aromatic rings. The molecule has 0 heterocycles. The highest BCUT2D eigenvalue weighted by Gasteiger charge is 2.04. The van der Waals surface area contributed by atoms with E-state index in [1.54, 1.807) is 12.1 Å². The average molecular weight is 258 g/mol. The summed E-state index contributed by atoms with van der Waals surface area (Å²) in [6.45, 7) is 0.445. The Bertz CT molecular complexity index is 369. The minimum Gasteiger partial charge on any atom is -0.435 e. The van der Waals surface area contributed by atoms with Gasteiger partial charge in [0, 0.05) is 6.54 Å². The number of rotatable bonds is 7. The number of hydrogen-bond acceptors (Lipinski definition) is 3. The Morgan fingerprint density at radius 3 is 2.56 bits per heavy atom. The summed E-state index contributed by atoms with van der Waals surface area (Å²) in [5.74, 6) is -0.00233. The number of halogens is 2. The van der Waals surface area contributed by atoms with Crippen LogP contribution in [0.2, 0.25) is 0 Å². The molecule has 1 rings (SSSR count). The topological polar surface area (TPSA) is 50.4 Å². The van der Waals surface area contributed by atoms with E-state index in [1.807, 2.05) is 6.92 Å². The maximum Gasteiger partial charge on any atom is 0.387 e. The van der Waals surface area contributed by atoms with Crippen LogP contribution in [0.25, 0.3) is 0 Å². The number of carbonyl (C=O) groups is 1. The smallest absolute Gasteiger partial charge is 0.387 e. The van der Waals surface area contributed by atoms with E-state index in [9.17, 15) is 13.6 Å². The molecule has 0 spiro atoms. The van der Waals surface area contributed by atoms with Crippen LogP contribution >= 0.6 is 0 Å². The maximum atomic E-state index is 11.9. The SMILES string of the molecule is CCNCC(=O)NCc1ccc(OC(F)F)cc1. The van der Waals surface area contributed by atoms with Crippen LogP contribution in [0, 0.1) is 0 Å². The molecule has 100 valence electrons. The molecule has 18 heavy (non-hydrogen) atoms. The van der Waals surface area contributed by atoms with Crippen LogP contribution in [0.3, 0.4) is 0 Å². The van der Waals surface area contributed by atoms with Crippen molar-refractivity contribution in [2.75, 3.05) is 13.1 Å². The van der Waals surface area contributed by atoms with Crippen LogP contribution in [0.4, 0.5) is 8.78 Å². The summed E-state index contributed by atoms with van der Waals surface area (Å²) >= 11 is 0. The Morgan fingerprint density at radius 1 is 1.33 bits per heavy atom. The van der Waals surface area contributed by atoms with Gasteiger partial charge in [0.1, 0.15) is 5.75 Å². The van der Waals surface area contributed by atoms with Crippen LogP contribution < -0.4 is 15.4 Å². The highest BCUT2D eigenvalue weighted by atomic mass is 19.3. The lowest BCUT2D eigenvalue weighted by molar-refractivity contribution is -0.120. The molecule has 0 bridgehead atoms. The number of amides is 1. The molecule has 0 aliphatic heterocycles. The van der Waals surface area contributed by atoms with Crippen molar-refractivity contribution in [2.24, 2.45) is 0 Å². The van der Waals surface area contributed by atoms with E-state index >= 15 is 0 Å². The molecule has 0 radical (unpaired) electrons. The van der Waals surface area contributed by atoms with E-state index in [1.165, 1.54) is 12.1 Å².